The minimum absolute atomic E-state index is 0.0895. The maximum atomic E-state index is 14.0. The smallest absolute Gasteiger partial charge is 0.325 e. The SMILES string of the molecule is C[C@H](NC(=O)[C@H](Cc1ccc(O)cc1)NC(=O)[C@H](Cc1ccccc1)NC(=O)[C@H](CCC(=O)O)NC(=O)[C@H](CC(N)=O)NC(=O)[C@@H](NC(=O)[C@@H](N)[C@@H](C)O)[C@@H](C)O)C(=O)O. The van der Waals surface area contributed by atoms with Gasteiger partial charge < -0.3 is 68.9 Å². The minimum atomic E-state index is -1.87. The largest absolute Gasteiger partial charge is 0.508 e. The van der Waals surface area contributed by atoms with E-state index in [9.17, 15) is 68.7 Å². The average molecular weight is 845 g/mol. The zero-order valence-electron chi connectivity index (χ0n) is 33.0. The number of primary amides is 1. The van der Waals surface area contributed by atoms with Gasteiger partial charge in [-0.15, -0.1) is 0 Å². The number of benzene rings is 2. The summed E-state index contributed by atoms with van der Waals surface area (Å²) in [5.41, 5.74) is 11.9. The number of aliphatic carboxylic acids is 2. The highest BCUT2D eigenvalue weighted by atomic mass is 16.4. The van der Waals surface area contributed by atoms with Crippen LogP contribution in [-0.2, 0) is 56.0 Å². The first kappa shape index (κ1) is 49.5. The molecule has 60 heavy (non-hydrogen) atoms. The Kier molecular flexibility index (Phi) is 19.5. The number of carbonyl (C=O) groups excluding carboxylic acids is 7. The van der Waals surface area contributed by atoms with Crippen molar-refractivity contribution in [1.29, 1.82) is 0 Å². The van der Waals surface area contributed by atoms with E-state index in [0.717, 1.165) is 6.92 Å². The van der Waals surface area contributed by atoms with E-state index in [0.29, 0.717) is 11.1 Å². The van der Waals surface area contributed by atoms with Crippen molar-refractivity contribution < 1.29 is 68.7 Å². The molecule has 0 aliphatic carbocycles. The normalized spacial score (nSPS) is 15.4. The fourth-order valence-corrected chi connectivity index (χ4v) is 5.41. The number of phenols is 1. The molecule has 2 rings (SSSR count). The van der Waals surface area contributed by atoms with Gasteiger partial charge in [-0.25, -0.2) is 0 Å². The van der Waals surface area contributed by atoms with Crippen LogP contribution in [0.1, 0.15) is 51.2 Å². The molecule has 0 saturated heterocycles. The van der Waals surface area contributed by atoms with Crippen molar-refractivity contribution in [3.63, 3.8) is 0 Å². The van der Waals surface area contributed by atoms with Crippen molar-refractivity contribution in [2.24, 2.45) is 11.5 Å². The highest BCUT2D eigenvalue weighted by molar-refractivity contribution is 5.98. The van der Waals surface area contributed by atoms with Crippen LogP contribution in [0.3, 0.4) is 0 Å². The minimum Gasteiger partial charge on any atom is -0.508 e. The summed E-state index contributed by atoms with van der Waals surface area (Å²) in [5, 5.41) is 62.2. The summed E-state index contributed by atoms with van der Waals surface area (Å²) >= 11 is 0. The molecule has 0 aliphatic rings. The highest BCUT2D eigenvalue weighted by Crippen LogP contribution is 2.13. The lowest BCUT2D eigenvalue weighted by atomic mass is 10.0. The zero-order valence-corrected chi connectivity index (χ0v) is 33.0. The van der Waals surface area contributed by atoms with Crippen LogP contribution < -0.4 is 43.4 Å². The van der Waals surface area contributed by atoms with Crippen molar-refractivity contribution in [2.75, 3.05) is 0 Å². The number of carboxylic acid groups (broad SMARTS) is 2. The molecule has 0 heterocycles. The molecular formula is C38H52N8O14. The molecule has 7 amide bonds. The molecule has 0 spiro atoms. The fraction of sp³-hybridized carbons (Fsp3) is 0.447. The summed E-state index contributed by atoms with van der Waals surface area (Å²) in [6.07, 6.45) is -5.58. The Labute approximate surface area is 343 Å². The van der Waals surface area contributed by atoms with Gasteiger partial charge in [0, 0.05) is 19.3 Å². The van der Waals surface area contributed by atoms with Crippen LogP contribution in [0.4, 0.5) is 0 Å². The molecule has 0 aromatic heterocycles. The molecule has 22 nitrogen and oxygen atoms in total. The number of carbonyl (C=O) groups is 9. The molecule has 15 N–H and O–H groups in total. The second kappa shape index (κ2) is 23.7. The summed E-state index contributed by atoms with van der Waals surface area (Å²) < 4.78 is 0. The number of rotatable bonds is 24. The lowest BCUT2D eigenvalue weighted by Crippen LogP contribution is -2.62. The van der Waals surface area contributed by atoms with Gasteiger partial charge in [-0.2, -0.15) is 0 Å². The first-order chi connectivity index (χ1) is 28.1. The number of carboxylic acids is 2. The Morgan fingerprint density at radius 1 is 0.583 bits per heavy atom. The Hall–Kier alpha value is -6.65. The number of aromatic hydroxyl groups is 1. The van der Waals surface area contributed by atoms with Gasteiger partial charge in [0.2, 0.25) is 41.4 Å². The van der Waals surface area contributed by atoms with Crippen LogP contribution in [-0.4, -0.2) is 133 Å². The number of aliphatic hydroxyl groups is 2. The number of amides is 7. The number of nitrogens with two attached hydrogens (primary N) is 2. The van der Waals surface area contributed by atoms with Crippen molar-refractivity contribution in [3.05, 3.63) is 65.7 Å². The molecule has 0 radical (unpaired) electrons. The molecule has 0 unspecified atom stereocenters. The van der Waals surface area contributed by atoms with Crippen LogP contribution in [0, 0.1) is 0 Å². The fourth-order valence-electron chi connectivity index (χ4n) is 5.41. The first-order valence-electron chi connectivity index (χ1n) is 18.6. The second-order valence-corrected chi connectivity index (χ2v) is 14.0. The van der Waals surface area contributed by atoms with Gasteiger partial charge in [-0.05, 0) is 50.5 Å². The van der Waals surface area contributed by atoms with Crippen molar-refractivity contribution in [3.8, 4) is 5.75 Å². The average Bonchev–Trinajstić information content (AvgIpc) is 3.17. The van der Waals surface area contributed by atoms with Gasteiger partial charge in [0.25, 0.3) is 0 Å². The molecule has 0 fully saturated rings. The van der Waals surface area contributed by atoms with E-state index in [-0.39, 0.29) is 18.6 Å². The quantitative estimate of drug-likeness (QED) is 0.0479. The Morgan fingerprint density at radius 2 is 1.05 bits per heavy atom. The molecule has 22 heteroatoms. The number of aliphatic hydroxyl groups excluding tert-OH is 2. The van der Waals surface area contributed by atoms with Gasteiger partial charge in [0.1, 0.15) is 48.0 Å². The van der Waals surface area contributed by atoms with Crippen LogP contribution in [0.15, 0.2) is 54.6 Å². The summed E-state index contributed by atoms with van der Waals surface area (Å²) in [6, 6.07) is 2.51. The number of hydrogen-bond acceptors (Lipinski definition) is 13. The van der Waals surface area contributed by atoms with Gasteiger partial charge in [-0.1, -0.05) is 42.5 Å². The lowest BCUT2D eigenvalue weighted by molar-refractivity contribution is -0.142. The highest BCUT2D eigenvalue weighted by Gasteiger charge is 2.35. The Bertz CT molecular complexity index is 1840. The molecule has 9 atom stereocenters. The third kappa shape index (κ3) is 16.7. The Balaban J connectivity index is 2.45. The maximum absolute atomic E-state index is 14.0. The topological polar surface area (TPSA) is 379 Å². The van der Waals surface area contributed by atoms with Gasteiger partial charge >= 0.3 is 11.9 Å². The predicted molar refractivity (Wildman–Crippen MR) is 209 cm³/mol. The van der Waals surface area contributed by atoms with Crippen LogP contribution in [0.2, 0.25) is 0 Å². The summed E-state index contributed by atoms with van der Waals surface area (Å²) in [7, 11) is 0. The molecule has 0 saturated carbocycles. The molecular weight excluding hydrogens is 792 g/mol. The van der Waals surface area contributed by atoms with E-state index in [1.165, 1.54) is 38.1 Å². The number of phenolic OH excluding ortho intramolecular Hbond substituents is 1. The van der Waals surface area contributed by atoms with E-state index in [2.05, 4.69) is 31.9 Å². The molecule has 2 aromatic rings. The van der Waals surface area contributed by atoms with E-state index in [1.807, 2.05) is 0 Å². The molecule has 2 aromatic carbocycles. The summed E-state index contributed by atoms with van der Waals surface area (Å²) in [5.74, 6) is -10.5. The second-order valence-electron chi connectivity index (χ2n) is 14.0. The lowest BCUT2D eigenvalue weighted by Gasteiger charge is -2.28. The number of nitrogens with one attached hydrogen (secondary N) is 6. The van der Waals surface area contributed by atoms with E-state index in [1.54, 1.807) is 30.3 Å². The zero-order chi connectivity index (χ0) is 45.3. The van der Waals surface area contributed by atoms with Crippen molar-refractivity contribution in [1.82, 2.24) is 31.9 Å². The van der Waals surface area contributed by atoms with Crippen LogP contribution >= 0.6 is 0 Å². The van der Waals surface area contributed by atoms with E-state index in [4.69, 9.17) is 11.5 Å². The first-order valence-corrected chi connectivity index (χ1v) is 18.6. The van der Waals surface area contributed by atoms with Gasteiger partial charge in [0.05, 0.1) is 18.6 Å². The van der Waals surface area contributed by atoms with E-state index >= 15 is 0 Å². The van der Waals surface area contributed by atoms with Crippen LogP contribution in [0.25, 0.3) is 0 Å². The van der Waals surface area contributed by atoms with Crippen molar-refractivity contribution in [2.45, 2.75) is 107 Å². The number of hydrogen-bond donors (Lipinski definition) is 13. The molecule has 0 bridgehead atoms. The monoisotopic (exact) mass is 844 g/mol. The maximum Gasteiger partial charge on any atom is 0.325 e. The third-order valence-electron chi connectivity index (χ3n) is 8.86. The van der Waals surface area contributed by atoms with Crippen LogP contribution in [0.5, 0.6) is 5.75 Å². The Morgan fingerprint density at radius 3 is 1.53 bits per heavy atom. The third-order valence-corrected chi connectivity index (χ3v) is 8.86. The summed E-state index contributed by atoms with van der Waals surface area (Å²) in [6.45, 7) is 3.50. The van der Waals surface area contributed by atoms with E-state index < -0.39 is 127 Å². The predicted octanol–water partition coefficient (Wildman–Crippen LogP) is -3.98. The van der Waals surface area contributed by atoms with Gasteiger partial charge in [-0.3, -0.25) is 43.2 Å². The van der Waals surface area contributed by atoms with Crippen molar-refractivity contribution >= 4 is 53.3 Å². The molecule has 0 aliphatic heterocycles. The van der Waals surface area contributed by atoms with Gasteiger partial charge in [0.15, 0.2) is 0 Å². The molecule has 328 valence electrons. The standard InChI is InChI=1S/C38H52N8O14/c1-18(38(59)60)41-33(54)25(16-22-9-11-23(49)12-10-22)44-34(55)26(15-21-7-5-4-6-8-21)43-32(53)24(13-14-29(51)52)42-35(56)27(17-28(39)50)45-37(58)31(20(3)48)46-36(57)30(40)19(2)47/h4-12,18-20,24-27,30-31,47-49H,13-17,40H2,1-3H3,(H2,39,50)(H,41,54)(H,42,56)(H,43,53)(H,44,55)(H,45,58)(H,46,57)(H,51,52)(H,59,60)/t18-,19+,20+,24-,25-,26-,27-,30-,31-/m0/s1. The summed E-state index contributed by atoms with van der Waals surface area (Å²) in [4.78, 5) is 116.